The molecule has 5 nitrogen and oxygen atoms in total. The summed E-state index contributed by atoms with van der Waals surface area (Å²) in [6.07, 6.45) is 1.57. The van der Waals surface area contributed by atoms with Crippen molar-refractivity contribution in [3.63, 3.8) is 0 Å². The number of piperidine rings is 1. The van der Waals surface area contributed by atoms with Crippen molar-refractivity contribution in [2.24, 2.45) is 0 Å². The number of benzene rings is 1. The van der Waals surface area contributed by atoms with Crippen LogP contribution in [0.25, 0.3) is 0 Å². The zero-order valence-corrected chi connectivity index (χ0v) is 12.7. The first-order chi connectivity index (χ1) is 9.85. The van der Waals surface area contributed by atoms with E-state index >= 15 is 0 Å². The van der Waals surface area contributed by atoms with E-state index in [1.54, 1.807) is 31.2 Å². The van der Waals surface area contributed by atoms with Crippen LogP contribution in [0.15, 0.2) is 24.3 Å². The third kappa shape index (κ3) is 4.81. The first kappa shape index (κ1) is 15.9. The second-order valence-corrected chi connectivity index (χ2v) is 6.13. The molecule has 1 aromatic rings. The summed E-state index contributed by atoms with van der Waals surface area (Å²) >= 11 is 5.75. The van der Waals surface area contributed by atoms with Gasteiger partial charge in [0.15, 0.2) is 0 Å². The number of hydrogen-bond donors (Lipinski definition) is 2. The monoisotopic (exact) mass is 310 g/mol. The molecule has 1 aromatic carbocycles. The van der Waals surface area contributed by atoms with E-state index < -0.39 is 11.5 Å². The molecule has 1 atom stereocenters. The fourth-order valence-electron chi connectivity index (χ4n) is 2.50. The number of halogens is 1. The molecule has 0 aliphatic carbocycles. The molecule has 0 aromatic heterocycles. The number of carbonyl (C=O) groups is 2. The van der Waals surface area contributed by atoms with Gasteiger partial charge in [0.2, 0.25) is 5.91 Å². The van der Waals surface area contributed by atoms with E-state index in [9.17, 15) is 14.7 Å². The van der Waals surface area contributed by atoms with Gasteiger partial charge in [0, 0.05) is 17.1 Å². The van der Waals surface area contributed by atoms with Crippen molar-refractivity contribution in [2.75, 3.05) is 19.6 Å². The Morgan fingerprint density at radius 3 is 2.67 bits per heavy atom. The summed E-state index contributed by atoms with van der Waals surface area (Å²) in [7, 11) is 0. The highest BCUT2D eigenvalue weighted by Gasteiger charge is 2.29. The predicted octanol–water partition coefficient (Wildman–Crippen LogP) is 1.44. The Kier molecular flexibility index (Phi) is 4.98. The Balaban J connectivity index is 1.87. The molecule has 1 aliphatic heterocycles. The van der Waals surface area contributed by atoms with Crippen molar-refractivity contribution >= 4 is 23.4 Å². The lowest BCUT2D eigenvalue weighted by Gasteiger charge is -2.36. The normalized spacial score (nSPS) is 22.8. The van der Waals surface area contributed by atoms with Gasteiger partial charge in [0.05, 0.1) is 12.1 Å². The Bertz CT molecular complexity index is 528. The number of nitrogens with one attached hydrogen (secondary N) is 1. The van der Waals surface area contributed by atoms with Crippen LogP contribution in [0.4, 0.5) is 0 Å². The van der Waals surface area contributed by atoms with Gasteiger partial charge >= 0.3 is 0 Å². The minimum atomic E-state index is -0.765. The van der Waals surface area contributed by atoms with E-state index in [0.717, 1.165) is 19.4 Å². The molecular formula is C15H19ClN2O3. The van der Waals surface area contributed by atoms with Crippen molar-refractivity contribution in [1.29, 1.82) is 0 Å². The second-order valence-electron chi connectivity index (χ2n) is 5.70. The average molecular weight is 311 g/mol. The van der Waals surface area contributed by atoms with Gasteiger partial charge in [-0.2, -0.15) is 0 Å². The summed E-state index contributed by atoms with van der Waals surface area (Å²) < 4.78 is 0. The fraction of sp³-hybridized carbons (Fsp3) is 0.467. The Labute approximate surface area is 128 Å². The molecule has 0 saturated carbocycles. The number of amides is 2. The Hall–Kier alpha value is -1.43. The highest BCUT2D eigenvalue weighted by atomic mass is 35.5. The molecule has 21 heavy (non-hydrogen) atoms. The minimum absolute atomic E-state index is 0.107. The van der Waals surface area contributed by atoms with Gasteiger partial charge in [0.1, 0.15) is 0 Å². The fourth-order valence-corrected chi connectivity index (χ4v) is 2.63. The van der Waals surface area contributed by atoms with E-state index in [2.05, 4.69) is 5.32 Å². The van der Waals surface area contributed by atoms with Gasteiger partial charge in [-0.3, -0.25) is 19.8 Å². The number of rotatable bonds is 3. The minimum Gasteiger partial charge on any atom is -0.389 e. The molecule has 1 heterocycles. The zero-order chi connectivity index (χ0) is 15.5. The molecule has 1 saturated heterocycles. The molecule has 114 valence electrons. The SMILES string of the molecule is CC1(O)CCCN(CC(=O)NC(=O)c2ccc(Cl)cc2)C1. The predicted molar refractivity (Wildman–Crippen MR) is 80.2 cm³/mol. The summed E-state index contributed by atoms with van der Waals surface area (Å²) in [5.41, 5.74) is -0.378. The maximum absolute atomic E-state index is 11.9. The summed E-state index contributed by atoms with van der Waals surface area (Å²) in [6.45, 7) is 3.06. The zero-order valence-electron chi connectivity index (χ0n) is 11.9. The van der Waals surface area contributed by atoms with E-state index in [0.29, 0.717) is 17.1 Å². The number of hydrogen-bond acceptors (Lipinski definition) is 4. The molecule has 6 heteroatoms. The number of imide groups is 1. The van der Waals surface area contributed by atoms with Crippen LogP contribution < -0.4 is 5.32 Å². The van der Waals surface area contributed by atoms with Gasteiger partial charge in [0.25, 0.3) is 5.91 Å². The number of aliphatic hydroxyl groups is 1. The first-order valence-corrected chi connectivity index (χ1v) is 7.28. The summed E-state index contributed by atoms with van der Waals surface area (Å²) in [5.74, 6) is -0.812. The number of likely N-dealkylation sites (tertiary alicyclic amines) is 1. The Morgan fingerprint density at radius 2 is 2.05 bits per heavy atom. The van der Waals surface area contributed by atoms with Crippen LogP contribution >= 0.6 is 11.6 Å². The Morgan fingerprint density at radius 1 is 1.38 bits per heavy atom. The molecule has 2 amide bonds. The molecule has 0 spiro atoms. The molecule has 1 aliphatic rings. The quantitative estimate of drug-likeness (QED) is 0.886. The van der Waals surface area contributed by atoms with Crippen molar-refractivity contribution in [3.05, 3.63) is 34.9 Å². The molecule has 0 bridgehead atoms. The number of β-amino-alcohol motifs (C(OH)–C–C–N with tert-alkyl or cyclic N) is 1. The second kappa shape index (κ2) is 6.56. The van der Waals surface area contributed by atoms with Crippen LogP contribution in [0.1, 0.15) is 30.1 Å². The maximum atomic E-state index is 11.9. The molecular weight excluding hydrogens is 292 g/mol. The van der Waals surface area contributed by atoms with Gasteiger partial charge in [-0.15, -0.1) is 0 Å². The lowest BCUT2D eigenvalue weighted by molar-refractivity contribution is -0.122. The molecule has 0 radical (unpaired) electrons. The van der Waals surface area contributed by atoms with Crippen molar-refractivity contribution in [2.45, 2.75) is 25.4 Å². The van der Waals surface area contributed by atoms with E-state index in [1.165, 1.54) is 0 Å². The standard InChI is InChI=1S/C15H19ClN2O3/c1-15(21)7-2-8-18(10-15)9-13(19)17-14(20)11-3-5-12(16)6-4-11/h3-6,21H,2,7-10H2,1H3,(H,17,19,20). The van der Waals surface area contributed by atoms with Gasteiger partial charge in [-0.25, -0.2) is 0 Å². The molecule has 1 unspecified atom stereocenters. The van der Waals surface area contributed by atoms with Crippen LogP contribution in [-0.4, -0.2) is 47.1 Å². The van der Waals surface area contributed by atoms with Crippen LogP contribution in [0, 0.1) is 0 Å². The summed E-state index contributed by atoms with van der Waals surface area (Å²) in [5, 5.41) is 12.9. The van der Waals surface area contributed by atoms with Crippen molar-refractivity contribution < 1.29 is 14.7 Å². The van der Waals surface area contributed by atoms with Gasteiger partial charge in [-0.1, -0.05) is 11.6 Å². The number of nitrogens with zero attached hydrogens (tertiary/aromatic N) is 1. The van der Waals surface area contributed by atoms with Crippen LogP contribution in [0.3, 0.4) is 0 Å². The van der Waals surface area contributed by atoms with Gasteiger partial charge < -0.3 is 5.11 Å². The highest BCUT2D eigenvalue weighted by molar-refractivity contribution is 6.30. The first-order valence-electron chi connectivity index (χ1n) is 6.90. The third-order valence-corrected chi connectivity index (χ3v) is 3.73. The largest absolute Gasteiger partial charge is 0.389 e. The summed E-state index contributed by atoms with van der Waals surface area (Å²) in [4.78, 5) is 25.6. The maximum Gasteiger partial charge on any atom is 0.257 e. The van der Waals surface area contributed by atoms with Crippen molar-refractivity contribution in [1.82, 2.24) is 10.2 Å². The van der Waals surface area contributed by atoms with Crippen LogP contribution in [-0.2, 0) is 4.79 Å². The topological polar surface area (TPSA) is 69.6 Å². The smallest absolute Gasteiger partial charge is 0.257 e. The average Bonchev–Trinajstić information content (AvgIpc) is 2.37. The molecule has 1 fully saturated rings. The number of carbonyl (C=O) groups excluding carboxylic acids is 2. The van der Waals surface area contributed by atoms with Crippen LogP contribution in [0.2, 0.25) is 5.02 Å². The van der Waals surface area contributed by atoms with E-state index in [1.807, 2.05) is 4.90 Å². The molecule has 2 N–H and O–H groups in total. The van der Waals surface area contributed by atoms with E-state index in [4.69, 9.17) is 11.6 Å². The molecule has 2 rings (SSSR count). The van der Waals surface area contributed by atoms with Crippen LogP contribution in [0.5, 0.6) is 0 Å². The van der Waals surface area contributed by atoms with E-state index in [-0.39, 0.29) is 12.5 Å². The van der Waals surface area contributed by atoms with Crippen molar-refractivity contribution in [3.8, 4) is 0 Å². The highest BCUT2D eigenvalue weighted by Crippen LogP contribution is 2.19. The van der Waals surface area contributed by atoms with Gasteiger partial charge in [-0.05, 0) is 50.6 Å². The third-order valence-electron chi connectivity index (χ3n) is 3.48. The lowest BCUT2D eigenvalue weighted by Crippen LogP contribution is -2.49. The lowest BCUT2D eigenvalue weighted by atomic mass is 9.95. The summed E-state index contributed by atoms with van der Waals surface area (Å²) in [6, 6.07) is 6.33.